The number of sulfonamides is 1. The van der Waals surface area contributed by atoms with E-state index in [4.69, 9.17) is 0 Å². The van der Waals surface area contributed by atoms with Crippen LogP contribution in [0.3, 0.4) is 0 Å². The summed E-state index contributed by atoms with van der Waals surface area (Å²) in [6.45, 7) is 3.42. The fourth-order valence-corrected chi connectivity index (χ4v) is 5.76. The zero-order chi connectivity index (χ0) is 22.7. The number of aromatic amines is 2. The van der Waals surface area contributed by atoms with Crippen molar-refractivity contribution in [2.75, 3.05) is 10.0 Å². The Morgan fingerprint density at radius 2 is 1.81 bits per heavy atom. The number of hydrogen-bond donors (Lipinski definition) is 5. The smallest absolute Gasteiger partial charge is 0.237 e. The lowest BCUT2D eigenvalue weighted by Crippen LogP contribution is -2.15. The highest BCUT2D eigenvalue weighted by molar-refractivity contribution is 7.92. The van der Waals surface area contributed by atoms with Gasteiger partial charge in [0.25, 0.3) is 0 Å². The van der Waals surface area contributed by atoms with Gasteiger partial charge in [-0.15, -0.1) is 0 Å². The van der Waals surface area contributed by atoms with Crippen molar-refractivity contribution >= 4 is 27.2 Å². The molecule has 0 bridgehead atoms. The lowest BCUT2D eigenvalue weighted by Gasteiger charge is -2.12. The molecule has 2 aliphatic rings. The molecule has 0 radical (unpaired) electrons. The van der Waals surface area contributed by atoms with E-state index >= 15 is 0 Å². The molecule has 2 aromatic heterocycles. The topological polar surface area (TPSA) is 136 Å². The quantitative estimate of drug-likeness (QED) is 0.395. The number of fused-ring (bicyclic) bond motifs is 1. The van der Waals surface area contributed by atoms with Crippen LogP contribution < -0.4 is 10.0 Å². The van der Waals surface area contributed by atoms with Crippen molar-refractivity contribution in [3.8, 4) is 0 Å². The monoisotopic (exact) mass is 460 g/mol. The lowest BCUT2D eigenvalue weighted by molar-refractivity contribution is 0.0738. The van der Waals surface area contributed by atoms with Gasteiger partial charge in [-0.3, -0.25) is 14.9 Å². The van der Waals surface area contributed by atoms with Crippen molar-refractivity contribution < 1.29 is 17.9 Å². The van der Waals surface area contributed by atoms with Crippen LogP contribution in [0.4, 0.5) is 21.6 Å². The van der Waals surface area contributed by atoms with E-state index in [9.17, 15) is 17.9 Å². The number of hydrogen-bond acceptors (Lipinski definition) is 6. The van der Waals surface area contributed by atoms with E-state index in [1.54, 1.807) is 19.9 Å². The molecule has 11 heteroatoms. The van der Waals surface area contributed by atoms with E-state index in [0.717, 1.165) is 30.7 Å². The number of halogens is 1. The second-order valence-corrected chi connectivity index (χ2v) is 10.8. The molecule has 0 amide bonds. The molecule has 1 aliphatic carbocycles. The summed E-state index contributed by atoms with van der Waals surface area (Å²) in [5, 5.41) is 27.7. The predicted molar refractivity (Wildman–Crippen MR) is 118 cm³/mol. The summed E-state index contributed by atoms with van der Waals surface area (Å²) in [5.41, 5.74) is 2.22. The van der Waals surface area contributed by atoms with Gasteiger partial charge < -0.3 is 10.4 Å². The Morgan fingerprint density at radius 1 is 1.12 bits per heavy atom. The first-order valence-electron chi connectivity index (χ1n) is 10.5. The molecule has 5 rings (SSSR count). The highest BCUT2D eigenvalue weighted by Crippen LogP contribution is 2.43. The summed E-state index contributed by atoms with van der Waals surface area (Å²) in [6.07, 6.45) is 2.87. The molecule has 32 heavy (non-hydrogen) atoms. The molecule has 3 heterocycles. The number of H-pyrrole nitrogens is 2. The second kappa shape index (κ2) is 7.31. The van der Waals surface area contributed by atoms with Crippen LogP contribution in [0.5, 0.6) is 0 Å². The molecule has 2 atom stereocenters. The predicted octanol–water partition coefficient (Wildman–Crippen LogP) is 3.55. The molecule has 1 fully saturated rings. The lowest BCUT2D eigenvalue weighted by atomic mass is 9.98. The van der Waals surface area contributed by atoms with E-state index in [2.05, 4.69) is 30.4 Å². The second-order valence-electron chi connectivity index (χ2n) is 9.12. The highest BCUT2D eigenvalue weighted by atomic mass is 32.2. The molecule has 1 aromatic carbocycles. The van der Waals surface area contributed by atoms with Gasteiger partial charge in [-0.25, -0.2) is 12.8 Å². The molecule has 0 saturated heterocycles. The average molecular weight is 461 g/mol. The van der Waals surface area contributed by atoms with Gasteiger partial charge in [-0.05, 0) is 51.3 Å². The fraction of sp³-hybridized carbons (Fsp3) is 0.429. The largest absolute Gasteiger partial charge is 0.384 e. The number of rotatable bonds is 5. The van der Waals surface area contributed by atoms with Crippen LogP contribution in [-0.2, 0) is 21.4 Å². The maximum absolute atomic E-state index is 14.8. The molecule has 0 spiro atoms. The first-order valence-corrected chi connectivity index (χ1v) is 12.2. The third-order valence-corrected chi connectivity index (χ3v) is 7.44. The number of anilines is 3. The van der Waals surface area contributed by atoms with Gasteiger partial charge in [-0.1, -0.05) is 0 Å². The van der Waals surface area contributed by atoms with Gasteiger partial charge in [0.05, 0.1) is 22.8 Å². The Balaban J connectivity index is 1.28. The van der Waals surface area contributed by atoms with Gasteiger partial charge in [-0.2, -0.15) is 10.2 Å². The number of aromatic nitrogens is 4. The summed E-state index contributed by atoms with van der Waals surface area (Å²) in [6, 6.07) is 6.84. The van der Waals surface area contributed by atoms with E-state index < -0.39 is 21.4 Å². The minimum absolute atomic E-state index is 0.134. The Labute approximate surface area is 184 Å². The van der Waals surface area contributed by atoms with Gasteiger partial charge in [0.1, 0.15) is 5.60 Å². The maximum atomic E-state index is 14.8. The third kappa shape index (κ3) is 3.86. The normalized spacial score (nSPS) is 22.0. The standard InChI is InChI=1S/C21H25FN6O3S/c1-21(2,29)18-8-16(24-26-18)11-3-4-12(7-11)17-9-19(27-25-17)23-15-6-5-14-13(20(15)22)10-32(30,31)28-14/h5-6,8-9,11-12,28-29H,3-4,7,10H2,1-2H3,(H,24,26)(H2,23,25,27). The Hall–Kier alpha value is -2.92. The van der Waals surface area contributed by atoms with Crippen LogP contribution in [-0.4, -0.2) is 33.9 Å². The first kappa shape index (κ1) is 21.0. The number of nitrogens with one attached hydrogen (secondary N) is 4. The van der Waals surface area contributed by atoms with Crippen molar-refractivity contribution in [3.05, 3.63) is 52.7 Å². The summed E-state index contributed by atoms with van der Waals surface area (Å²) < 4.78 is 40.5. The van der Waals surface area contributed by atoms with Gasteiger partial charge in [0.15, 0.2) is 11.6 Å². The average Bonchev–Trinajstić information content (AvgIpc) is 3.47. The zero-order valence-corrected chi connectivity index (χ0v) is 18.6. The number of nitrogens with zero attached hydrogens (tertiary/aromatic N) is 2. The van der Waals surface area contributed by atoms with Gasteiger partial charge in [0.2, 0.25) is 10.0 Å². The summed E-state index contributed by atoms with van der Waals surface area (Å²) in [5.74, 6) is 0.0929. The first-order chi connectivity index (χ1) is 15.1. The SMILES string of the molecule is CC(C)(O)c1cc(C2CCC(c3cc(Nc4ccc5c(c4F)CS(=O)(=O)N5)n[nH]3)C2)[nH]n1. The molecule has 3 aromatic rings. The minimum Gasteiger partial charge on any atom is -0.384 e. The van der Waals surface area contributed by atoms with Crippen LogP contribution in [0.1, 0.15) is 67.6 Å². The van der Waals surface area contributed by atoms with Crippen molar-refractivity contribution in [3.63, 3.8) is 0 Å². The van der Waals surface area contributed by atoms with E-state index in [0.29, 0.717) is 17.4 Å². The van der Waals surface area contributed by atoms with Crippen molar-refractivity contribution in [1.29, 1.82) is 0 Å². The van der Waals surface area contributed by atoms with Crippen LogP contribution in [0.2, 0.25) is 0 Å². The number of benzene rings is 1. The molecule has 2 unspecified atom stereocenters. The van der Waals surface area contributed by atoms with Crippen LogP contribution in [0.25, 0.3) is 0 Å². The van der Waals surface area contributed by atoms with Crippen LogP contribution in [0.15, 0.2) is 24.3 Å². The summed E-state index contributed by atoms with van der Waals surface area (Å²) in [4.78, 5) is 0. The Bertz CT molecular complexity index is 1280. The zero-order valence-electron chi connectivity index (χ0n) is 17.7. The number of aliphatic hydroxyl groups is 1. The van der Waals surface area contributed by atoms with Gasteiger partial charge >= 0.3 is 0 Å². The van der Waals surface area contributed by atoms with E-state index in [1.165, 1.54) is 6.07 Å². The summed E-state index contributed by atoms with van der Waals surface area (Å²) in [7, 11) is -3.52. The maximum Gasteiger partial charge on any atom is 0.237 e. The molecule has 1 saturated carbocycles. The van der Waals surface area contributed by atoms with Crippen molar-refractivity contribution in [2.45, 2.75) is 56.3 Å². The highest BCUT2D eigenvalue weighted by Gasteiger charge is 2.31. The van der Waals surface area contributed by atoms with E-state index in [-0.39, 0.29) is 28.6 Å². The summed E-state index contributed by atoms with van der Waals surface area (Å²) >= 11 is 0. The third-order valence-electron chi connectivity index (χ3n) is 6.24. The molecule has 1 aliphatic heterocycles. The molecular weight excluding hydrogens is 435 g/mol. The fourth-order valence-electron chi connectivity index (χ4n) is 4.50. The Kier molecular flexibility index (Phi) is 4.79. The minimum atomic E-state index is -3.52. The van der Waals surface area contributed by atoms with Crippen molar-refractivity contribution in [1.82, 2.24) is 20.4 Å². The van der Waals surface area contributed by atoms with E-state index in [1.807, 2.05) is 12.1 Å². The molecule has 170 valence electrons. The van der Waals surface area contributed by atoms with Crippen molar-refractivity contribution in [2.24, 2.45) is 0 Å². The molecular formula is C21H25FN6O3S. The van der Waals surface area contributed by atoms with Crippen LogP contribution >= 0.6 is 0 Å². The molecule has 9 nitrogen and oxygen atoms in total. The van der Waals surface area contributed by atoms with Crippen LogP contribution in [0, 0.1) is 5.82 Å². The Morgan fingerprint density at radius 3 is 2.50 bits per heavy atom. The van der Waals surface area contributed by atoms with Gasteiger partial charge in [0, 0.05) is 34.9 Å². The molecule has 5 N–H and O–H groups in total.